The predicted molar refractivity (Wildman–Crippen MR) is 81.7 cm³/mol. The third-order valence-electron chi connectivity index (χ3n) is 2.77. The Hall–Kier alpha value is -2.25. The molecule has 2 rings (SSSR count). The highest BCUT2D eigenvalue weighted by Gasteiger charge is 2.18. The lowest BCUT2D eigenvalue weighted by Crippen LogP contribution is -2.21. The van der Waals surface area contributed by atoms with Gasteiger partial charge in [0.15, 0.2) is 18.2 Å². The van der Waals surface area contributed by atoms with Crippen molar-refractivity contribution < 1.29 is 27.5 Å². The summed E-state index contributed by atoms with van der Waals surface area (Å²) in [5.41, 5.74) is -0.647. The van der Waals surface area contributed by atoms with Crippen LogP contribution in [0.4, 0.5) is 18.9 Å². The summed E-state index contributed by atoms with van der Waals surface area (Å²) in [6.45, 7) is -0.792. The van der Waals surface area contributed by atoms with E-state index >= 15 is 0 Å². The maximum atomic E-state index is 13.5. The van der Waals surface area contributed by atoms with Gasteiger partial charge in [-0.1, -0.05) is 23.2 Å². The van der Waals surface area contributed by atoms with E-state index in [4.69, 9.17) is 23.2 Å². The fraction of sp³-hybridized carbons (Fsp3) is 0.0667. The topological polar surface area (TPSA) is 55.4 Å². The molecule has 0 spiro atoms. The highest BCUT2D eigenvalue weighted by Crippen LogP contribution is 2.21. The monoisotopic (exact) mass is 377 g/mol. The number of carbonyl (C=O) groups is 2. The van der Waals surface area contributed by atoms with Gasteiger partial charge in [0, 0.05) is 5.02 Å². The minimum Gasteiger partial charge on any atom is -0.452 e. The molecule has 0 aliphatic heterocycles. The molecule has 0 bridgehead atoms. The Bertz CT molecular complexity index is 815. The molecule has 2 aromatic carbocycles. The van der Waals surface area contributed by atoms with Crippen LogP contribution < -0.4 is 5.32 Å². The van der Waals surface area contributed by atoms with E-state index in [0.29, 0.717) is 12.1 Å². The highest BCUT2D eigenvalue weighted by molar-refractivity contribution is 6.33. The molecule has 0 radical (unpaired) electrons. The summed E-state index contributed by atoms with van der Waals surface area (Å²) >= 11 is 11.3. The second-order valence-corrected chi connectivity index (χ2v) is 5.34. The van der Waals surface area contributed by atoms with E-state index in [1.165, 1.54) is 12.1 Å². The number of halogens is 5. The van der Waals surface area contributed by atoms with Crippen LogP contribution in [0, 0.1) is 17.5 Å². The summed E-state index contributed by atoms with van der Waals surface area (Å²) in [5, 5.41) is 1.97. The van der Waals surface area contributed by atoms with E-state index in [1.807, 2.05) is 0 Å². The number of hydrogen-bond acceptors (Lipinski definition) is 3. The van der Waals surface area contributed by atoms with Crippen molar-refractivity contribution in [2.75, 3.05) is 11.9 Å². The molecule has 0 aromatic heterocycles. The summed E-state index contributed by atoms with van der Waals surface area (Å²) in [7, 11) is 0. The van der Waals surface area contributed by atoms with Crippen LogP contribution in [0.2, 0.25) is 10.0 Å². The molecule has 24 heavy (non-hydrogen) atoms. The third kappa shape index (κ3) is 4.39. The van der Waals surface area contributed by atoms with E-state index in [-0.39, 0.29) is 15.7 Å². The normalized spacial score (nSPS) is 10.4. The van der Waals surface area contributed by atoms with Crippen LogP contribution in [-0.4, -0.2) is 18.5 Å². The summed E-state index contributed by atoms with van der Waals surface area (Å²) in [6, 6.07) is 4.66. The average Bonchev–Trinajstić information content (AvgIpc) is 2.52. The Morgan fingerprint density at radius 3 is 2.38 bits per heavy atom. The fourth-order valence-corrected chi connectivity index (χ4v) is 2.07. The first-order valence-corrected chi connectivity index (χ1v) is 7.10. The van der Waals surface area contributed by atoms with Crippen LogP contribution in [0.1, 0.15) is 10.4 Å². The SMILES string of the molecule is O=C(COC(=O)c1cc(F)c(F)cc1Cl)Nc1cc(Cl)ccc1F. The number of esters is 1. The molecule has 1 N–H and O–H groups in total. The second kappa shape index (κ2) is 7.55. The maximum Gasteiger partial charge on any atom is 0.340 e. The number of nitrogens with one attached hydrogen (secondary N) is 1. The molecule has 0 atom stereocenters. The van der Waals surface area contributed by atoms with Gasteiger partial charge >= 0.3 is 5.97 Å². The van der Waals surface area contributed by atoms with Gasteiger partial charge in [-0.3, -0.25) is 4.79 Å². The van der Waals surface area contributed by atoms with Crippen LogP contribution in [0.15, 0.2) is 30.3 Å². The Labute approximate surface area is 144 Å². The standard InChI is InChI=1S/C15H8Cl2F3NO3/c16-7-1-2-10(18)13(3-7)21-14(22)6-24-15(23)8-4-11(19)12(20)5-9(8)17/h1-5H,6H2,(H,21,22). The lowest BCUT2D eigenvalue weighted by Gasteiger charge is -2.09. The minimum absolute atomic E-state index is 0.192. The van der Waals surface area contributed by atoms with Crippen molar-refractivity contribution in [2.45, 2.75) is 0 Å². The maximum absolute atomic E-state index is 13.5. The Morgan fingerprint density at radius 1 is 1.00 bits per heavy atom. The molecule has 0 aliphatic rings. The molecule has 0 aliphatic carbocycles. The van der Waals surface area contributed by atoms with Crippen molar-refractivity contribution in [2.24, 2.45) is 0 Å². The van der Waals surface area contributed by atoms with Crippen molar-refractivity contribution in [3.8, 4) is 0 Å². The summed E-state index contributed by atoms with van der Waals surface area (Å²) in [5.74, 6) is -5.26. The van der Waals surface area contributed by atoms with E-state index in [1.54, 1.807) is 0 Å². The van der Waals surface area contributed by atoms with E-state index in [2.05, 4.69) is 10.1 Å². The summed E-state index contributed by atoms with van der Waals surface area (Å²) < 4.78 is 44.1. The lowest BCUT2D eigenvalue weighted by molar-refractivity contribution is -0.119. The van der Waals surface area contributed by atoms with Gasteiger partial charge in [-0.25, -0.2) is 18.0 Å². The van der Waals surface area contributed by atoms with Crippen LogP contribution in [-0.2, 0) is 9.53 Å². The van der Waals surface area contributed by atoms with Gasteiger partial charge in [-0.05, 0) is 30.3 Å². The van der Waals surface area contributed by atoms with Gasteiger partial charge in [0.25, 0.3) is 5.91 Å². The number of carbonyl (C=O) groups excluding carboxylic acids is 2. The minimum atomic E-state index is -1.29. The molecule has 0 heterocycles. The summed E-state index contributed by atoms with van der Waals surface area (Å²) in [6.07, 6.45) is 0. The predicted octanol–water partition coefficient (Wildman–Crippen LogP) is 4.21. The quantitative estimate of drug-likeness (QED) is 0.641. The largest absolute Gasteiger partial charge is 0.452 e. The third-order valence-corrected chi connectivity index (χ3v) is 3.31. The van der Waals surface area contributed by atoms with Crippen molar-refractivity contribution in [3.63, 3.8) is 0 Å². The molecule has 4 nitrogen and oxygen atoms in total. The van der Waals surface area contributed by atoms with Crippen LogP contribution in [0.3, 0.4) is 0 Å². The first kappa shape index (κ1) is 18.1. The Kier molecular flexibility index (Phi) is 5.69. The number of rotatable bonds is 4. The van der Waals surface area contributed by atoms with E-state index in [9.17, 15) is 22.8 Å². The van der Waals surface area contributed by atoms with Crippen molar-refractivity contribution in [1.82, 2.24) is 0 Å². The van der Waals surface area contributed by atoms with Gasteiger partial charge in [0.05, 0.1) is 16.3 Å². The number of benzene rings is 2. The molecule has 2 aromatic rings. The van der Waals surface area contributed by atoms with Crippen LogP contribution >= 0.6 is 23.2 Å². The first-order valence-electron chi connectivity index (χ1n) is 6.34. The molecule has 0 fully saturated rings. The second-order valence-electron chi connectivity index (χ2n) is 4.49. The van der Waals surface area contributed by atoms with Crippen molar-refractivity contribution in [3.05, 3.63) is 63.4 Å². The fourth-order valence-electron chi connectivity index (χ4n) is 1.67. The molecular weight excluding hydrogens is 370 g/mol. The summed E-state index contributed by atoms with van der Waals surface area (Å²) in [4.78, 5) is 23.4. The molecule has 9 heteroatoms. The number of hydrogen-bond donors (Lipinski definition) is 1. The zero-order chi connectivity index (χ0) is 17.9. The molecule has 0 saturated heterocycles. The molecule has 126 valence electrons. The van der Waals surface area contributed by atoms with Gasteiger partial charge in [0.2, 0.25) is 0 Å². The van der Waals surface area contributed by atoms with E-state index in [0.717, 1.165) is 6.07 Å². The van der Waals surface area contributed by atoms with Crippen molar-refractivity contribution >= 4 is 40.8 Å². The Balaban J connectivity index is 2.00. The molecule has 0 saturated carbocycles. The number of ether oxygens (including phenoxy) is 1. The number of anilines is 1. The molecule has 0 unspecified atom stereocenters. The molecular formula is C15H8Cl2F3NO3. The smallest absolute Gasteiger partial charge is 0.340 e. The van der Waals surface area contributed by atoms with Gasteiger partial charge in [-0.2, -0.15) is 0 Å². The zero-order valence-electron chi connectivity index (χ0n) is 11.7. The number of amides is 1. The van der Waals surface area contributed by atoms with Gasteiger partial charge < -0.3 is 10.1 Å². The average molecular weight is 378 g/mol. The van der Waals surface area contributed by atoms with Gasteiger partial charge in [0.1, 0.15) is 5.82 Å². The zero-order valence-corrected chi connectivity index (χ0v) is 13.2. The van der Waals surface area contributed by atoms with Crippen molar-refractivity contribution in [1.29, 1.82) is 0 Å². The Morgan fingerprint density at radius 2 is 1.67 bits per heavy atom. The highest BCUT2D eigenvalue weighted by atomic mass is 35.5. The first-order chi connectivity index (χ1) is 11.3. The van der Waals surface area contributed by atoms with Crippen LogP contribution in [0.5, 0.6) is 0 Å². The molecule has 1 amide bonds. The van der Waals surface area contributed by atoms with Crippen LogP contribution in [0.25, 0.3) is 0 Å². The van der Waals surface area contributed by atoms with Gasteiger partial charge in [-0.15, -0.1) is 0 Å². The lowest BCUT2D eigenvalue weighted by atomic mass is 10.2. The van der Waals surface area contributed by atoms with E-state index < -0.39 is 41.5 Å².